The van der Waals surface area contributed by atoms with Crippen molar-refractivity contribution in [2.75, 3.05) is 20.1 Å². The Kier molecular flexibility index (Phi) is 5.51. The van der Waals surface area contributed by atoms with E-state index in [1.807, 2.05) is 7.05 Å². The number of hydrogen-bond donors (Lipinski definition) is 1. The molecule has 1 aromatic carbocycles. The molecule has 17 heavy (non-hydrogen) atoms. The van der Waals surface area contributed by atoms with Crippen LogP contribution in [-0.4, -0.2) is 31.1 Å². The number of nitrogens with one attached hydrogen (secondary N) is 1. The lowest BCUT2D eigenvalue weighted by Gasteiger charge is -2.20. The van der Waals surface area contributed by atoms with E-state index < -0.39 is 11.6 Å². The molecule has 4 heteroatoms. The van der Waals surface area contributed by atoms with E-state index >= 15 is 0 Å². The zero-order chi connectivity index (χ0) is 12.8. The SMILES string of the molecule is CC(C)N(C)CCNCc1cccc(F)c1F. The maximum absolute atomic E-state index is 13.3. The van der Waals surface area contributed by atoms with Crippen LogP contribution in [0.4, 0.5) is 8.78 Å². The zero-order valence-corrected chi connectivity index (χ0v) is 10.6. The Bertz CT molecular complexity index is 353. The molecular formula is C13H20F2N2. The Labute approximate surface area is 102 Å². The van der Waals surface area contributed by atoms with Gasteiger partial charge in [0.05, 0.1) is 0 Å². The van der Waals surface area contributed by atoms with Crippen LogP contribution in [0.15, 0.2) is 18.2 Å². The van der Waals surface area contributed by atoms with Gasteiger partial charge in [-0.3, -0.25) is 0 Å². The summed E-state index contributed by atoms with van der Waals surface area (Å²) in [6, 6.07) is 4.74. The van der Waals surface area contributed by atoms with Crippen LogP contribution in [-0.2, 0) is 6.54 Å². The van der Waals surface area contributed by atoms with Crippen molar-refractivity contribution in [2.45, 2.75) is 26.4 Å². The molecule has 0 amide bonds. The van der Waals surface area contributed by atoms with E-state index in [9.17, 15) is 8.78 Å². The normalized spacial score (nSPS) is 11.5. The standard InChI is InChI=1S/C13H20F2N2/c1-10(2)17(3)8-7-16-9-11-5-4-6-12(14)13(11)15/h4-6,10,16H,7-9H2,1-3H3. The summed E-state index contributed by atoms with van der Waals surface area (Å²) in [5, 5.41) is 3.11. The van der Waals surface area contributed by atoms with Gasteiger partial charge in [0, 0.05) is 31.2 Å². The maximum atomic E-state index is 13.3. The van der Waals surface area contributed by atoms with Crippen molar-refractivity contribution >= 4 is 0 Å². The summed E-state index contributed by atoms with van der Waals surface area (Å²) in [6.45, 7) is 6.23. The van der Waals surface area contributed by atoms with Crippen molar-refractivity contribution in [2.24, 2.45) is 0 Å². The summed E-state index contributed by atoms with van der Waals surface area (Å²) in [7, 11) is 2.04. The molecule has 0 aliphatic heterocycles. The zero-order valence-electron chi connectivity index (χ0n) is 10.6. The molecule has 0 fully saturated rings. The van der Waals surface area contributed by atoms with Crippen molar-refractivity contribution in [1.29, 1.82) is 0 Å². The van der Waals surface area contributed by atoms with Crippen molar-refractivity contribution in [1.82, 2.24) is 10.2 Å². The smallest absolute Gasteiger partial charge is 0.163 e. The number of halogens is 2. The quantitative estimate of drug-likeness (QED) is 0.771. The molecule has 0 aliphatic rings. The average Bonchev–Trinajstić information content (AvgIpc) is 2.29. The van der Waals surface area contributed by atoms with Gasteiger partial charge < -0.3 is 10.2 Å². The summed E-state index contributed by atoms with van der Waals surface area (Å²) in [5.41, 5.74) is 0.372. The molecule has 0 saturated heterocycles. The average molecular weight is 242 g/mol. The highest BCUT2D eigenvalue weighted by atomic mass is 19.2. The third kappa shape index (κ3) is 4.40. The van der Waals surface area contributed by atoms with E-state index in [0.717, 1.165) is 19.2 Å². The number of likely N-dealkylation sites (N-methyl/N-ethyl adjacent to an activating group) is 1. The van der Waals surface area contributed by atoms with Crippen LogP contribution in [0.5, 0.6) is 0 Å². The minimum Gasteiger partial charge on any atom is -0.311 e. The second-order valence-corrected chi connectivity index (χ2v) is 4.46. The van der Waals surface area contributed by atoms with Crippen molar-refractivity contribution in [3.63, 3.8) is 0 Å². The monoisotopic (exact) mass is 242 g/mol. The van der Waals surface area contributed by atoms with Crippen molar-refractivity contribution < 1.29 is 8.78 Å². The first-order chi connectivity index (χ1) is 8.02. The van der Waals surface area contributed by atoms with Gasteiger partial charge in [-0.15, -0.1) is 0 Å². The van der Waals surface area contributed by atoms with Crippen LogP contribution < -0.4 is 5.32 Å². The minimum atomic E-state index is -0.788. The van der Waals surface area contributed by atoms with E-state index in [0.29, 0.717) is 18.2 Å². The molecule has 1 aromatic rings. The second-order valence-electron chi connectivity index (χ2n) is 4.46. The lowest BCUT2D eigenvalue weighted by molar-refractivity contribution is 0.273. The van der Waals surface area contributed by atoms with Gasteiger partial charge in [-0.2, -0.15) is 0 Å². The van der Waals surface area contributed by atoms with Gasteiger partial charge in [0.15, 0.2) is 11.6 Å². The van der Waals surface area contributed by atoms with E-state index in [-0.39, 0.29) is 0 Å². The van der Waals surface area contributed by atoms with E-state index in [2.05, 4.69) is 24.1 Å². The third-order valence-corrected chi connectivity index (χ3v) is 2.87. The molecule has 0 unspecified atom stereocenters. The Morgan fingerprint density at radius 3 is 2.65 bits per heavy atom. The summed E-state index contributed by atoms with van der Waals surface area (Å²) in [5.74, 6) is -1.54. The summed E-state index contributed by atoms with van der Waals surface area (Å²) in [4.78, 5) is 2.19. The first-order valence-corrected chi connectivity index (χ1v) is 5.86. The molecular weight excluding hydrogens is 222 g/mol. The first kappa shape index (κ1) is 14.1. The second kappa shape index (κ2) is 6.67. The summed E-state index contributed by atoms with van der Waals surface area (Å²) < 4.78 is 26.2. The van der Waals surface area contributed by atoms with Gasteiger partial charge in [-0.05, 0) is 27.0 Å². The topological polar surface area (TPSA) is 15.3 Å². The van der Waals surface area contributed by atoms with Crippen LogP contribution in [0.25, 0.3) is 0 Å². The highest BCUT2D eigenvalue weighted by molar-refractivity contribution is 5.18. The maximum Gasteiger partial charge on any atom is 0.163 e. The van der Waals surface area contributed by atoms with Crippen molar-refractivity contribution in [3.05, 3.63) is 35.4 Å². The van der Waals surface area contributed by atoms with Gasteiger partial charge in [0.25, 0.3) is 0 Å². The highest BCUT2D eigenvalue weighted by Crippen LogP contribution is 2.10. The predicted molar refractivity (Wildman–Crippen MR) is 65.8 cm³/mol. The van der Waals surface area contributed by atoms with Gasteiger partial charge in [-0.25, -0.2) is 8.78 Å². The molecule has 0 heterocycles. The van der Waals surface area contributed by atoms with Crippen LogP contribution in [0, 0.1) is 11.6 Å². The third-order valence-electron chi connectivity index (χ3n) is 2.87. The summed E-state index contributed by atoms with van der Waals surface area (Å²) >= 11 is 0. The van der Waals surface area contributed by atoms with Crippen LogP contribution in [0.1, 0.15) is 19.4 Å². The molecule has 0 aliphatic carbocycles. The molecule has 96 valence electrons. The predicted octanol–water partition coefficient (Wildman–Crippen LogP) is 2.39. The van der Waals surface area contributed by atoms with Gasteiger partial charge >= 0.3 is 0 Å². The number of nitrogens with zero attached hydrogens (tertiary/aromatic N) is 1. The molecule has 0 bridgehead atoms. The van der Waals surface area contributed by atoms with Crippen LogP contribution in [0.2, 0.25) is 0 Å². The fourth-order valence-corrected chi connectivity index (χ4v) is 1.42. The Balaban J connectivity index is 2.34. The first-order valence-electron chi connectivity index (χ1n) is 5.86. The van der Waals surface area contributed by atoms with E-state index in [4.69, 9.17) is 0 Å². The molecule has 0 atom stereocenters. The van der Waals surface area contributed by atoms with Crippen LogP contribution in [0.3, 0.4) is 0 Å². The van der Waals surface area contributed by atoms with Gasteiger partial charge in [0.2, 0.25) is 0 Å². The highest BCUT2D eigenvalue weighted by Gasteiger charge is 2.07. The Morgan fingerprint density at radius 1 is 1.29 bits per heavy atom. The number of hydrogen-bond acceptors (Lipinski definition) is 2. The molecule has 1 N–H and O–H groups in total. The molecule has 0 saturated carbocycles. The van der Waals surface area contributed by atoms with Gasteiger partial charge in [-0.1, -0.05) is 12.1 Å². The van der Waals surface area contributed by atoms with E-state index in [1.165, 1.54) is 6.07 Å². The summed E-state index contributed by atoms with van der Waals surface area (Å²) in [6.07, 6.45) is 0. The molecule has 1 rings (SSSR count). The molecule has 2 nitrogen and oxygen atoms in total. The number of rotatable bonds is 6. The minimum absolute atomic E-state index is 0.357. The lowest BCUT2D eigenvalue weighted by Crippen LogP contribution is -2.33. The van der Waals surface area contributed by atoms with Crippen LogP contribution >= 0.6 is 0 Å². The molecule has 0 aromatic heterocycles. The lowest BCUT2D eigenvalue weighted by atomic mass is 10.2. The van der Waals surface area contributed by atoms with E-state index in [1.54, 1.807) is 6.07 Å². The van der Waals surface area contributed by atoms with Gasteiger partial charge in [0.1, 0.15) is 0 Å². The fourth-order valence-electron chi connectivity index (χ4n) is 1.42. The molecule has 0 radical (unpaired) electrons. The Hall–Kier alpha value is -1.00. The molecule has 0 spiro atoms. The number of benzene rings is 1. The largest absolute Gasteiger partial charge is 0.311 e. The van der Waals surface area contributed by atoms with Crippen molar-refractivity contribution in [3.8, 4) is 0 Å². The fraction of sp³-hybridized carbons (Fsp3) is 0.538. The Morgan fingerprint density at radius 2 is 2.00 bits per heavy atom.